The van der Waals surface area contributed by atoms with E-state index in [1.165, 1.54) is 26.2 Å². The monoisotopic (exact) mass is 546 g/mol. The van der Waals surface area contributed by atoms with Crippen molar-refractivity contribution in [3.63, 3.8) is 0 Å². The molecule has 0 radical (unpaired) electrons. The van der Waals surface area contributed by atoms with Crippen LogP contribution in [-0.2, 0) is 14.4 Å². The number of carbonyl (C=O) groups excluding carboxylic acids is 2. The number of methoxy groups -OCH3 is 3. The van der Waals surface area contributed by atoms with Crippen molar-refractivity contribution in [3.8, 4) is 17.2 Å². The first-order valence-electron chi connectivity index (χ1n) is 12.9. The molecule has 0 saturated carbocycles. The van der Waals surface area contributed by atoms with Crippen molar-refractivity contribution >= 4 is 29.0 Å². The first kappa shape index (κ1) is 26.9. The first-order chi connectivity index (χ1) is 19.4. The smallest absolute Gasteiger partial charge is 0.303 e. The third-order valence-corrected chi connectivity index (χ3v) is 7.26. The molecule has 0 saturated heterocycles. The van der Waals surface area contributed by atoms with Crippen molar-refractivity contribution in [2.45, 2.75) is 37.6 Å². The van der Waals surface area contributed by atoms with Gasteiger partial charge in [0.25, 0.3) is 0 Å². The van der Waals surface area contributed by atoms with Gasteiger partial charge in [0.15, 0.2) is 17.3 Å². The molecule has 3 aromatic rings. The minimum atomic E-state index is -1.09. The number of anilines is 2. The molecule has 40 heavy (non-hydrogen) atoms. The predicted molar refractivity (Wildman–Crippen MR) is 146 cm³/mol. The van der Waals surface area contributed by atoms with Gasteiger partial charge >= 0.3 is 5.97 Å². The standard InChI is InChI=1S/C30H30N2O8/c1-37-24-15-18(16-25(38-2)30(24)39-3)29-28-20(13-17(14-22(28)33)23-9-6-12-40-23)31-19-7-4-5-8-21(19)32(29)26(34)10-11-27(35)36/h4-9,12,15-17,29,31H,10-11,13-14H2,1-3H3,(H,35,36)/t17-,29+/m0/s1. The van der Waals surface area contributed by atoms with Crippen LogP contribution >= 0.6 is 0 Å². The number of nitrogens with zero attached hydrogens (tertiary/aromatic N) is 1. The van der Waals surface area contributed by atoms with Crippen molar-refractivity contribution in [1.29, 1.82) is 0 Å². The number of hydrogen-bond donors (Lipinski definition) is 2. The van der Waals surface area contributed by atoms with Crippen molar-refractivity contribution in [3.05, 3.63) is 77.4 Å². The second-order valence-electron chi connectivity index (χ2n) is 9.60. The fraction of sp³-hybridized carbons (Fsp3) is 0.300. The molecule has 2 N–H and O–H groups in total. The van der Waals surface area contributed by atoms with Gasteiger partial charge in [0.2, 0.25) is 11.7 Å². The van der Waals surface area contributed by atoms with Gasteiger partial charge in [-0.1, -0.05) is 12.1 Å². The molecule has 1 aromatic heterocycles. The number of ether oxygens (including phenoxy) is 3. The Morgan fingerprint density at radius 2 is 1.73 bits per heavy atom. The van der Waals surface area contributed by atoms with Crippen LogP contribution in [0.1, 0.15) is 49.0 Å². The Morgan fingerprint density at radius 1 is 1.00 bits per heavy atom. The molecule has 2 aromatic carbocycles. The van der Waals surface area contributed by atoms with Crippen LogP contribution in [0, 0.1) is 0 Å². The van der Waals surface area contributed by atoms with Crippen molar-refractivity contribution < 1.29 is 38.1 Å². The molecule has 1 aliphatic carbocycles. The molecule has 2 heterocycles. The summed E-state index contributed by atoms with van der Waals surface area (Å²) in [5, 5.41) is 12.8. The number of carbonyl (C=O) groups is 3. The summed E-state index contributed by atoms with van der Waals surface area (Å²) in [5.74, 6) is -0.0737. The Balaban J connectivity index is 1.75. The van der Waals surface area contributed by atoms with Crippen molar-refractivity contribution in [2.24, 2.45) is 0 Å². The zero-order valence-electron chi connectivity index (χ0n) is 22.4. The zero-order chi connectivity index (χ0) is 28.4. The topological polar surface area (TPSA) is 128 Å². The Kier molecular flexibility index (Phi) is 7.50. The number of benzene rings is 2. The molecule has 0 unspecified atom stereocenters. The highest BCUT2D eigenvalue weighted by Crippen LogP contribution is 2.50. The quantitative estimate of drug-likeness (QED) is 0.398. The Morgan fingerprint density at radius 3 is 2.35 bits per heavy atom. The van der Waals surface area contributed by atoms with E-state index in [9.17, 15) is 19.5 Å². The molecule has 0 fully saturated rings. The number of hydrogen-bond acceptors (Lipinski definition) is 8. The molecule has 5 rings (SSSR count). The highest BCUT2D eigenvalue weighted by molar-refractivity contribution is 6.06. The van der Waals surface area contributed by atoms with Crippen LogP contribution in [-0.4, -0.2) is 44.1 Å². The normalized spacial score (nSPS) is 18.3. The molecule has 2 aliphatic rings. The number of fused-ring (bicyclic) bond motifs is 1. The van der Waals surface area contributed by atoms with E-state index in [1.807, 2.05) is 18.2 Å². The van der Waals surface area contributed by atoms with Crippen LogP contribution in [0.4, 0.5) is 11.4 Å². The Hall–Kier alpha value is -4.73. The molecular weight excluding hydrogens is 516 g/mol. The molecule has 208 valence electrons. The third-order valence-electron chi connectivity index (χ3n) is 7.26. The van der Waals surface area contributed by atoms with Crippen LogP contribution in [0.15, 0.2) is 70.5 Å². The van der Waals surface area contributed by atoms with Gasteiger partial charge < -0.3 is 29.1 Å². The van der Waals surface area contributed by atoms with Crippen LogP contribution in [0.3, 0.4) is 0 Å². The molecule has 1 amide bonds. The fourth-order valence-corrected chi connectivity index (χ4v) is 5.50. The fourth-order valence-electron chi connectivity index (χ4n) is 5.50. The van der Waals surface area contributed by atoms with Gasteiger partial charge in [-0.15, -0.1) is 0 Å². The van der Waals surface area contributed by atoms with Crippen LogP contribution in [0.5, 0.6) is 17.2 Å². The Bertz CT molecular complexity index is 1450. The van der Waals surface area contributed by atoms with E-state index in [-0.39, 0.29) is 31.0 Å². The van der Waals surface area contributed by atoms with E-state index < -0.39 is 17.9 Å². The van der Waals surface area contributed by atoms with Gasteiger partial charge in [-0.05, 0) is 48.4 Å². The number of aliphatic carboxylic acids is 1. The number of carboxylic acids is 1. The summed E-state index contributed by atoms with van der Waals surface area (Å²) in [6.07, 6.45) is 1.63. The molecule has 2 atom stereocenters. The molecular formula is C30H30N2O8. The van der Waals surface area contributed by atoms with E-state index in [0.717, 1.165) is 0 Å². The van der Waals surface area contributed by atoms with E-state index in [4.69, 9.17) is 18.6 Å². The SMILES string of the molecule is COc1cc([C@@H]2C3=C(C[C@H](c4ccco4)CC3=O)Nc3ccccc3N2C(=O)CCC(=O)O)cc(OC)c1OC. The largest absolute Gasteiger partial charge is 0.493 e. The molecule has 1 aliphatic heterocycles. The van der Waals surface area contributed by atoms with E-state index >= 15 is 0 Å². The van der Waals surface area contributed by atoms with Gasteiger partial charge in [0.05, 0.1) is 51.4 Å². The molecule has 0 bridgehead atoms. The zero-order valence-corrected chi connectivity index (χ0v) is 22.4. The number of allylic oxidation sites excluding steroid dienone is 1. The minimum Gasteiger partial charge on any atom is -0.493 e. The van der Waals surface area contributed by atoms with Crippen molar-refractivity contribution in [1.82, 2.24) is 0 Å². The summed E-state index contributed by atoms with van der Waals surface area (Å²) in [4.78, 5) is 40.8. The number of rotatable bonds is 8. The number of para-hydroxylation sites is 2. The predicted octanol–water partition coefficient (Wildman–Crippen LogP) is 5.07. The lowest BCUT2D eigenvalue weighted by molar-refractivity contribution is -0.138. The first-order valence-corrected chi connectivity index (χ1v) is 12.9. The molecule has 0 spiro atoms. The second kappa shape index (κ2) is 11.2. The van der Waals surface area contributed by atoms with Gasteiger partial charge in [-0.3, -0.25) is 19.3 Å². The maximum atomic E-state index is 14.0. The van der Waals surface area contributed by atoms with Gasteiger partial charge in [-0.25, -0.2) is 0 Å². The maximum Gasteiger partial charge on any atom is 0.303 e. The van der Waals surface area contributed by atoms with E-state index in [2.05, 4.69) is 5.32 Å². The summed E-state index contributed by atoms with van der Waals surface area (Å²) in [7, 11) is 4.48. The molecule has 10 nitrogen and oxygen atoms in total. The average Bonchev–Trinajstić information content (AvgIpc) is 3.45. The van der Waals surface area contributed by atoms with E-state index in [1.54, 1.807) is 36.6 Å². The highest BCUT2D eigenvalue weighted by atomic mass is 16.5. The van der Waals surface area contributed by atoms with Crippen LogP contribution < -0.4 is 24.4 Å². The summed E-state index contributed by atoms with van der Waals surface area (Å²) < 4.78 is 22.3. The molecule has 10 heteroatoms. The number of nitrogens with one attached hydrogen (secondary N) is 1. The van der Waals surface area contributed by atoms with Gasteiger partial charge in [-0.2, -0.15) is 0 Å². The lowest BCUT2D eigenvalue weighted by Crippen LogP contribution is -2.38. The van der Waals surface area contributed by atoms with Gasteiger partial charge in [0.1, 0.15) is 5.76 Å². The van der Waals surface area contributed by atoms with Crippen molar-refractivity contribution in [2.75, 3.05) is 31.5 Å². The maximum absolute atomic E-state index is 14.0. The summed E-state index contributed by atoms with van der Waals surface area (Å²) in [6.45, 7) is 0. The lowest BCUT2D eigenvalue weighted by atomic mass is 9.80. The average molecular weight is 547 g/mol. The summed E-state index contributed by atoms with van der Waals surface area (Å²) in [5.41, 5.74) is 2.78. The van der Waals surface area contributed by atoms with Crippen LogP contribution in [0.25, 0.3) is 0 Å². The number of furan rings is 1. The second-order valence-corrected chi connectivity index (χ2v) is 9.60. The number of Topliss-reactive ketones (excluding diaryl/α,β-unsaturated/α-hetero) is 1. The third kappa shape index (κ3) is 4.88. The lowest BCUT2D eigenvalue weighted by Gasteiger charge is -2.35. The summed E-state index contributed by atoms with van der Waals surface area (Å²) in [6, 6.07) is 13.4. The van der Waals surface area contributed by atoms with E-state index in [0.29, 0.717) is 57.6 Å². The van der Waals surface area contributed by atoms with Crippen LogP contribution in [0.2, 0.25) is 0 Å². The van der Waals surface area contributed by atoms with Gasteiger partial charge in [0, 0.05) is 30.0 Å². The number of carboxylic acid groups (broad SMARTS) is 1. The number of amides is 1. The number of ketones is 1. The minimum absolute atomic E-state index is 0.155. The Labute approximate surface area is 231 Å². The highest BCUT2D eigenvalue weighted by Gasteiger charge is 2.42. The summed E-state index contributed by atoms with van der Waals surface area (Å²) >= 11 is 0.